The molecule has 0 spiro atoms. The molecule has 1 aliphatic rings. The summed E-state index contributed by atoms with van der Waals surface area (Å²) in [5, 5.41) is 14.8. The van der Waals surface area contributed by atoms with Gasteiger partial charge in [0.15, 0.2) is 16.6 Å². The number of anilines is 1. The SMILES string of the molecule is O=C(NC(=S)Nc1ccc(O)cc1)c1ccc2c(c1)OCO2. The van der Waals surface area contributed by atoms with Crippen molar-refractivity contribution in [3.63, 3.8) is 0 Å². The summed E-state index contributed by atoms with van der Waals surface area (Å²) >= 11 is 5.08. The van der Waals surface area contributed by atoms with Crippen LogP contribution in [0.2, 0.25) is 0 Å². The minimum atomic E-state index is -0.352. The second-order valence-corrected chi connectivity index (χ2v) is 4.93. The lowest BCUT2D eigenvalue weighted by Gasteiger charge is -2.10. The molecule has 3 N–H and O–H groups in total. The van der Waals surface area contributed by atoms with Crippen molar-refractivity contribution in [2.75, 3.05) is 12.1 Å². The number of amides is 1. The van der Waals surface area contributed by atoms with Gasteiger partial charge in [-0.25, -0.2) is 0 Å². The molecular formula is C15H12N2O4S. The Morgan fingerprint density at radius 3 is 2.59 bits per heavy atom. The third-order valence-electron chi connectivity index (χ3n) is 2.99. The van der Waals surface area contributed by atoms with Crippen LogP contribution in [0.3, 0.4) is 0 Å². The van der Waals surface area contributed by atoms with Gasteiger partial charge in [-0.3, -0.25) is 10.1 Å². The van der Waals surface area contributed by atoms with Crippen LogP contribution in [0, 0.1) is 0 Å². The van der Waals surface area contributed by atoms with Gasteiger partial charge in [0.25, 0.3) is 5.91 Å². The van der Waals surface area contributed by atoms with E-state index in [0.717, 1.165) is 0 Å². The molecular weight excluding hydrogens is 304 g/mol. The molecule has 0 radical (unpaired) electrons. The van der Waals surface area contributed by atoms with Crippen LogP contribution in [-0.2, 0) is 0 Å². The van der Waals surface area contributed by atoms with Crippen LogP contribution < -0.4 is 20.1 Å². The predicted octanol–water partition coefficient (Wildman–Crippen LogP) is 2.25. The number of rotatable bonds is 2. The van der Waals surface area contributed by atoms with Gasteiger partial charge in [0.05, 0.1) is 0 Å². The average molecular weight is 316 g/mol. The van der Waals surface area contributed by atoms with Gasteiger partial charge < -0.3 is 19.9 Å². The molecule has 0 atom stereocenters. The smallest absolute Gasteiger partial charge is 0.257 e. The summed E-state index contributed by atoms with van der Waals surface area (Å²) in [6, 6.07) is 11.2. The maximum Gasteiger partial charge on any atom is 0.257 e. The molecule has 0 aliphatic carbocycles. The molecule has 0 unspecified atom stereocenters. The maximum absolute atomic E-state index is 12.1. The Labute approximate surface area is 131 Å². The van der Waals surface area contributed by atoms with Crippen molar-refractivity contribution in [1.29, 1.82) is 0 Å². The Hall–Kier alpha value is -2.80. The monoisotopic (exact) mass is 316 g/mol. The fraction of sp³-hybridized carbons (Fsp3) is 0.0667. The van der Waals surface area contributed by atoms with Gasteiger partial charge >= 0.3 is 0 Å². The maximum atomic E-state index is 12.1. The lowest BCUT2D eigenvalue weighted by molar-refractivity contribution is 0.0977. The van der Waals surface area contributed by atoms with Gasteiger partial charge in [0.2, 0.25) is 6.79 Å². The number of hydrogen-bond donors (Lipinski definition) is 3. The summed E-state index contributed by atoms with van der Waals surface area (Å²) in [6.45, 7) is 0.154. The van der Waals surface area contributed by atoms with E-state index in [-0.39, 0.29) is 23.6 Å². The average Bonchev–Trinajstić information content (AvgIpc) is 2.97. The molecule has 1 amide bonds. The highest BCUT2D eigenvalue weighted by Crippen LogP contribution is 2.32. The van der Waals surface area contributed by atoms with Crippen molar-refractivity contribution in [1.82, 2.24) is 5.32 Å². The van der Waals surface area contributed by atoms with E-state index in [1.807, 2.05) is 0 Å². The lowest BCUT2D eigenvalue weighted by Crippen LogP contribution is -2.34. The lowest BCUT2D eigenvalue weighted by atomic mass is 10.2. The number of thiocarbonyl (C=S) groups is 1. The number of carbonyl (C=O) groups excluding carboxylic acids is 1. The van der Waals surface area contributed by atoms with Gasteiger partial charge in [-0.05, 0) is 54.7 Å². The first-order valence-electron chi connectivity index (χ1n) is 6.43. The molecule has 3 rings (SSSR count). The largest absolute Gasteiger partial charge is 0.508 e. The minimum absolute atomic E-state index is 0.154. The molecule has 2 aromatic carbocycles. The van der Waals surface area contributed by atoms with Gasteiger partial charge in [0, 0.05) is 11.3 Å². The van der Waals surface area contributed by atoms with E-state index in [1.165, 1.54) is 12.1 Å². The number of aromatic hydroxyl groups is 1. The van der Waals surface area contributed by atoms with Gasteiger partial charge in [-0.1, -0.05) is 0 Å². The minimum Gasteiger partial charge on any atom is -0.508 e. The van der Waals surface area contributed by atoms with Crippen molar-refractivity contribution in [3.8, 4) is 17.2 Å². The highest BCUT2D eigenvalue weighted by molar-refractivity contribution is 7.80. The van der Waals surface area contributed by atoms with Crippen LogP contribution in [0.5, 0.6) is 17.2 Å². The third kappa shape index (κ3) is 3.09. The number of hydrogen-bond acceptors (Lipinski definition) is 5. The molecule has 0 saturated carbocycles. The number of phenolic OH excluding ortho intramolecular Hbond substituents is 1. The van der Waals surface area contributed by atoms with Crippen LogP contribution in [0.15, 0.2) is 42.5 Å². The second kappa shape index (κ2) is 5.90. The van der Waals surface area contributed by atoms with Crippen molar-refractivity contribution in [2.24, 2.45) is 0 Å². The molecule has 2 aromatic rings. The standard InChI is InChI=1S/C15H12N2O4S/c18-11-4-2-10(3-5-11)16-15(22)17-14(19)9-1-6-12-13(7-9)21-8-20-12/h1-7,18H,8H2,(H2,16,17,19,22). The Bertz CT molecular complexity index is 731. The van der Waals surface area contributed by atoms with E-state index in [2.05, 4.69) is 10.6 Å². The molecule has 1 aliphatic heterocycles. The Balaban J connectivity index is 1.63. The molecule has 0 saturated heterocycles. The van der Waals surface area contributed by atoms with E-state index < -0.39 is 0 Å². The van der Waals surface area contributed by atoms with E-state index >= 15 is 0 Å². The zero-order valence-electron chi connectivity index (χ0n) is 11.3. The number of carbonyl (C=O) groups is 1. The summed E-state index contributed by atoms with van der Waals surface area (Å²) in [7, 11) is 0. The molecule has 1 heterocycles. The third-order valence-corrected chi connectivity index (χ3v) is 3.19. The molecule has 7 heteroatoms. The molecule has 6 nitrogen and oxygen atoms in total. The highest BCUT2D eigenvalue weighted by atomic mass is 32.1. The van der Waals surface area contributed by atoms with Crippen molar-refractivity contribution >= 4 is 28.9 Å². The van der Waals surface area contributed by atoms with Crippen molar-refractivity contribution < 1.29 is 19.4 Å². The molecule has 0 bridgehead atoms. The van der Waals surface area contributed by atoms with Crippen molar-refractivity contribution in [3.05, 3.63) is 48.0 Å². The topological polar surface area (TPSA) is 79.8 Å². The fourth-order valence-corrected chi connectivity index (χ4v) is 2.13. The normalized spacial score (nSPS) is 11.8. The molecule has 0 fully saturated rings. The van der Waals surface area contributed by atoms with Crippen LogP contribution >= 0.6 is 12.2 Å². The molecule has 0 aromatic heterocycles. The van der Waals surface area contributed by atoms with E-state index in [0.29, 0.717) is 22.7 Å². The second-order valence-electron chi connectivity index (χ2n) is 4.52. The van der Waals surface area contributed by atoms with Gasteiger partial charge in [-0.15, -0.1) is 0 Å². The predicted molar refractivity (Wildman–Crippen MR) is 84.4 cm³/mol. The summed E-state index contributed by atoms with van der Waals surface area (Å²) in [5.74, 6) is 0.946. The van der Waals surface area contributed by atoms with Crippen LogP contribution in [0.25, 0.3) is 0 Å². The first-order valence-corrected chi connectivity index (χ1v) is 6.84. The Morgan fingerprint density at radius 1 is 1.09 bits per heavy atom. The summed E-state index contributed by atoms with van der Waals surface area (Å²) in [4.78, 5) is 12.1. The first-order chi connectivity index (χ1) is 10.6. The van der Waals surface area contributed by atoms with Crippen molar-refractivity contribution in [2.45, 2.75) is 0 Å². The number of ether oxygens (including phenoxy) is 2. The highest BCUT2D eigenvalue weighted by Gasteiger charge is 2.16. The van der Waals surface area contributed by atoms with E-state index in [9.17, 15) is 9.90 Å². The quantitative estimate of drug-likeness (QED) is 0.582. The first kappa shape index (κ1) is 14.2. The van der Waals surface area contributed by atoms with Crippen LogP contribution in [-0.4, -0.2) is 22.9 Å². The van der Waals surface area contributed by atoms with Gasteiger partial charge in [0.1, 0.15) is 5.75 Å². The molecule has 22 heavy (non-hydrogen) atoms. The number of phenols is 1. The summed E-state index contributed by atoms with van der Waals surface area (Å²) in [5.41, 5.74) is 1.08. The van der Waals surface area contributed by atoms with E-state index in [4.69, 9.17) is 21.7 Å². The zero-order chi connectivity index (χ0) is 15.5. The Morgan fingerprint density at radius 2 is 1.82 bits per heavy atom. The number of benzene rings is 2. The van der Waals surface area contributed by atoms with Crippen LogP contribution in [0.1, 0.15) is 10.4 Å². The summed E-state index contributed by atoms with van der Waals surface area (Å²) < 4.78 is 10.4. The molecule has 112 valence electrons. The summed E-state index contributed by atoms with van der Waals surface area (Å²) in [6.07, 6.45) is 0. The van der Waals surface area contributed by atoms with Gasteiger partial charge in [-0.2, -0.15) is 0 Å². The van der Waals surface area contributed by atoms with Crippen LogP contribution in [0.4, 0.5) is 5.69 Å². The number of nitrogens with one attached hydrogen (secondary N) is 2. The zero-order valence-corrected chi connectivity index (χ0v) is 12.1. The number of fused-ring (bicyclic) bond motifs is 1. The fourth-order valence-electron chi connectivity index (χ4n) is 1.92. The van der Waals surface area contributed by atoms with E-state index in [1.54, 1.807) is 30.3 Å². The Kier molecular flexibility index (Phi) is 3.80.